The summed E-state index contributed by atoms with van der Waals surface area (Å²) < 4.78 is 4.60. The normalized spacial score (nSPS) is 21.2. The van der Waals surface area contributed by atoms with Gasteiger partial charge in [0.2, 0.25) is 0 Å². The molecule has 1 heterocycles. The highest BCUT2D eigenvalue weighted by Crippen LogP contribution is 2.33. The van der Waals surface area contributed by atoms with Crippen LogP contribution in [0.3, 0.4) is 0 Å². The van der Waals surface area contributed by atoms with Gasteiger partial charge in [0.15, 0.2) is 5.84 Å². The standard InChI is InChI=1S/C15H20N4.C12H22N2O3.2C2H6/c1-2-11-7-9-12(10-8-11)13-5-3-4-6-14(13)15-16-18-19-17-15;1-5-7-10(13)14-9(11(15)17-4)8-12(3,16)6-2;2*1-2/h3-4,6-7,9-11,13,18-19H,2,5,8H2,1H3,(H,16,17);8,16H,5-7H2,1-4H3,(H2,13,14);2*1-2H3/b;9-8+;;. The lowest BCUT2D eigenvalue weighted by Gasteiger charge is -2.25. The average Bonchev–Trinajstić information content (AvgIpc) is 3.54. The van der Waals surface area contributed by atoms with Crippen LogP contribution in [0.15, 0.2) is 69.5 Å². The summed E-state index contributed by atoms with van der Waals surface area (Å²) in [5.41, 5.74) is 15.8. The van der Waals surface area contributed by atoms with Gasteiger partial charge in [-0.1, -0.05) is 84.9 Å². The molecule has 0 aromatic rings. The highest BCUT2D eigenvalue weighted by Gasteiger charge is 2.25. The van der Waals surface area contributed by atoms with Crippen molar-refractivity contribution in [3.05, 3.63) is 59.4 Å². The minimum absolute atomic E-state index is 0.0466. The molecule has 0 aromatic carbocycles. The number of carbonyl (C=O) groups excluding carboxylic acids is 1. The van der Waals surface area contributed by atoms with E-state index in [-0.39, 0.29) is 5.70 Å². The summed E-state index contributed by atoms with van der Waals surface area (Å²) in [5.74, 6) is 1.77. The number of nitrogens with two attached hydrogens (primary N) is 1. The number of methoxy groups -OCH3 is 1. The molecule has 0 radical (unpaired) electrons. The molecular weight excluding hydrogens is 504 g/mol. The number of hydrogen-bond donors (Lipinski definition) is 5. The van der Waals surface area contributed by atoms with E-state index in [4.69, 9.17) is 5.73 Å². The second-order valence-electron chi connectivity index (χ2n) is 9.21. The average molecular weight is 559 g/mol. The zero-order chi connectivity index (χ0) is 30.6. The number of hydrogen-bond acceptors (Lipinski definition) is 8. The van der Waals surface area contributed by atoms with Crippen LogP contribution >= 0.6 is 0 Å². The van der Waals surface area contributed by atoms with E-state index in [1.807, 2.05) is 41.5 Å². The quantitative estimate of drug-likeness (QED) is 0.105. The molecule has 0 amide bonds. The van der Waals surface area contributed by atoms with Crippen LogP contribution in [0.4, 0.5) is 0 Å². The molecule has 3 unspecified atom stereocenters. The molecular formula is C31H54N6O3. The number of ether oxygens (including phenoxy) is 1. The first-order valence-corrected chi connectivity index (χ1v) is 14.7. The van der Waals surface area contributed by atoms with Gasteiger partial charge in [-0.3, -0.25) is 5.43 Å². The Balaban J connectivity index is 0.000000682. The van der Waals surface area contributed by atoms with Gasteiger partial charge in [-0.05, 0) is 56.6 Å². The van der Waals surface area contributed by atoms with E-state index >= 15 is 0 Å². The van der Waals surface area contributed by atoms with Crippen LogP contribution in [0.5, 0.6) is 0 Å². The fourth-order valence-electron chi connectivity index (χ4n) is 3.87. The molecule has 9 heteroatoms. The van der Waals surface area contributed by atoms with Gasteiger partial charge in [-0.2, -0.15) is 0 Å². The third kappa shape index (κ3) is 12.8. The molecule has 1 aliphatic heterocycles. The van der Waals surface area contributed by atoms with Gasteiger partial charge < -0.3 is 15.6 Å². The number of aliphatic hydroxyl groups is 1. The Morgan fingerprint density at radius 2 is 1.95 bits per heavy atom. The molecule has 3 aliphatic rings. The number of hydrazone groups is 1. The Morgan fingerprint density at radius 3 is 2.45 bits per heavy atom. The Morgan fingerprint density at radius 1 is 1.25 bits per heavy atom. The van der Waals surface area contributed by atoms with Crippen LogP contribution in [0, 0.1) is 11.8 Å². The van der Waals surface area contributed by atoms with E-state index in [2.05, 4.69) is 74.7 Å². The zero-order valence-corrected chi connectivity index (χ0v) is 26.2. The van der Waals surface area contributed by atoms with Crippen molar-refractivity contribution in [1.82, 2.24) is 16.5 Å². The minimum Gasteiger partial charge on any atom is -0.464 e. The molecule has 0 fully saturated rings. The van der Waals surface area contributed by atoms with Crippen molar-refractivity contribution in [2.24, 2.45) is 27.7 Å². The minimum atomic E-state index is -1.10. The van der Waals surface area contributed by atoms with Gasteiger partial charge in [-0.25, -0.2) is 15.3 Å². The van der Waals surface area contributed by atoms with Gasteiger partial charge in [0.25, 0.3) is 0 Å². The van der Waals surface area contributed by atoms with Crippen LogP contribution in [0.1, 0.15) is 93.9 Å². The summed E-state index contributed by atoms with van der Waals surface area (Å²) >= 11 is 0. The van der Waals surface area contributed by atoms with Crippen molar-refractivity contribution in [3.63, 3.8) is 0 Å². The van der Waals surface area contributed by atoms with Crippen LogP contribution in [-0.4, -0.2) is 35.5 Å². The smallest absolute Gasteiger partial charge is 0.356 e. The van der Waals surface area contributed by atoms with Gasteiger partial charge >= 0.3 is 5.97 Å². The number of nitrogens with zero attached hydrogens (tertiary/aromatic N) is 2. The van der Waals surface area contributed by atoms with Crippen LogP contribution < -0.4 is 22.2 Å². The van der Waals surface area contributed by atoms with Crippen LogP contribution in [-0.2, 0) is 9.53 Å². The molecule has 0 spiro atoms. The highest BCUT2D eigenvalue weighted by atomic mass is 16.5. The molecule has 3 atom stereocenters. The van der Waals surface area contributed by atoms with Crippen molar-refractivity contribution in [2.45, 2.75) is 99.5 Å². The summed E-state index contributed by atoms with van der Waals surface area (Å²) in [6, 6.07) is 0. The Labute approximate surface area is 242 Å². The van der Waals surface area contributed by atoms with Crippen LogP contribution in [0.2, 0.25) is 0 Å². The SMILES string of the molecule is CC.CC.CCC1C=CC(C2CC=CC=C2C2=NNNN2)=CC1.CCCC(N)=N/C(=C/C(C)(O)CC)C(=O)OC. The van der Waals surface area contributed by atoms with Crippen LogP contribution in [0.25, 0.3) is 0 Å². The molecule has 0 saturated heterocycles. The maximum Gasteiger partial charge on any atom is 0.356 e. The maximum absolute atomic E-state index is 11.5. The predicted molar refractivity (Wildman–Crippen MR) is 168 cm³/mol. The van der Waals surface area contributed by atoms with E-state index in [0.29, 0.717) is 30.5 Å². The third-order valence-electron chi connectivity index (χ3n) is 6.31. The lowest BCUT2D eigenvalue weighted by atomic mass is 9.80. The number of aliphatic imine (C=N–C) groups is 1. The Hall–Kier alpha value is -3.17. The number of amidine groups is 2. The first-order chi connectivity index (χ1) is 19.2. The summed E-state index contributed by atoms with van der Waals surface area (Å²) in [6.45, 7) is 15.6. The second-order valence-corrected chi connectivity index (χ2v) is 9.21. The van der Waals surface area contributed by atoms with Crippen molar-refractivity contribution in [1.29, 1.82) is 0 Å². The van der Waals surface area contributed by atoms with Crippen molar-refractivity contribution >= 4 is 17.6 Å². The van der Waals surface area contributed by atoms with E-state index < -0.39 is 11.6 Å². The first-order valence-electron chi connectivity index (χ1n) is 14.7. The molecule has 0 aromatic heterocycles. The van der Waals surface area contributed by atoms with Gasteiger partial charge in [-0.15, -0.1) is 10.6 Å². The molecule has 0 bridgehead atoms. The Kier molecular flexibility index (Phi) is 19.1. The molecule has 40 heavy (non-hydrogen) atoms. The third-order valence-corrected chi connectivity index (χ3v) is 6.31. The summed E-state index contributed by atoms with van der Waals surface area (Å²) in [5, 5.41) is 14.1. The van der Waals surface area contributed by atoms with E-state index in [1.54, 1.807) is 6.92 Å². The topological polar surface area (TPSA) is 133 Å². The first kappa shape index (κ1) is 36.8. The number of nitrogens with one attached hydrogen (secondary N) is 3. The van der Waals surface area contributed by atoms with Crippen molar-refractivity contribution in [3.8, 4) is 0 Å². The molecule has 2 aliphatic carbocycles. The lowest BCUT2D eigenvalue weighted by molar-refractivity contribution is -0.136. The fourth-order valence-corrected chi connectivity index (χ4v) is 3.87. The largest absolute Gasteiger partial charge is 0.464 e. The molecule has 0 saturated carbocycles. The summed E-state index contributed by atoms with van der Waals surface area (Å²) in [7, 11) is 1.27. The number of carbonyl (C=O) groups is 1. The monoisotopic (exact) mass is 558 g/mol. The number of hydrazine groups is 2. The molecule has 9 nitrogen and oxygen atoms in total. The molecule has 226 valence electrons. The zero-order valence-electron chi connectivity index (χ0n) is 26.2. The van der Waals surface area contributed by atoms with Crippen molar-refractivity contribution < 1.29 is 14.6 Å². The van der Waals surface area contributed by atoms with Gasteiger partial charge in [0, 0.05) is 17.9 Å². The molecule has 6 N–H and O–H groups in total. The van der Waals surface area contributed by atoms with Gasteiger partial charge in [0.1, 0.15) is 5.70 Å². The lowest BCUT2D eigenvalue weighted by Crippen LogP contribution is -2.37. The highest BCUT2D eigenvalue weighted by molar-refractivity contribution is 6.00. The van der Waals surface area contributed by atoms with E-state index in [1.165, 1.54) is 30.8 Å². The predicted octanol–water partition coefficient (Wildman–Crippen LogP) is 5.74. The van der Waals surface area contributed by atoms with Crippen molar-refractivity contribution in [2.75, 3.05) is 7.11 Å². The summed E-state index contributed by atoms with van der Waals surface area (Å²) in [4.78, 5) is 15.5. The van der Waals surface area contributed by atoms with E-state index in [0.717, 1.165) is 25.1 Å². The second kappa shape index (κ2) is 20.7. The fraction of sp³-hybridized carbons (Fsp3) is 0.581. The number of allylic oxidation sites excluding steroid dienone is 7. The van der Waals surface area contributed by atoms with E-state index in [9.17, 15) is 9.90 Å². The molecule has 3 rings (SSSR count). The maximum atomic E-state index is 11.5. The summed E-state index contributed by atoms with van der Waals surface area (Å²) in [6.07, 6.45) is 20.2. The van der Waals surface area contributed by atoms with Gasteiger partial charge in [0.05, 0.1) is 18.5 Å². The number of esters is 1. The number of rotatable bonds is 9. The Bertz CT molecular complexity index is 974.